The Morgan fingerprint density at radius 3 is 2.50 bits per heavy atom. The van der Waals surface area contributed by atoms with Crippen molar-refractivity contribution in [2.24, 2.45) is 5.92 Å². The number of sulfonamides is 1. The molecule has 2 aromatic carbocycles. The predicted octanol–water partition coefficient (Wildman–Crippen LogP) is 4.85. The number of nitrogens with zero attached hydrogens (tertiary/aromatic N) is 1. The molecule has 0 saturated carbocycles. The number of aromatic carboxylic acids is 1. The number of ether oxygens (including phenoxy) is 1. The Bertz CT molecular complexity index is 1870. The zero-order chi connectivity index (χ0) is 35.0. The predicted molar refractivity (Wildman–Crippen MR) is 176 cm³/mol. The van der Waals surface area contributed by atoms with Gasteiger partial charge in [-0.3, -0.25) is 4.79 Å². The van der Waals surface area contributed by atoms with Gasteiger partial charge in [0.15, 0.2) is 23.1 Å². The number of rotatable bonds is 12. The minimum Gasteiger partial charge on any atom is -0.479 e. The molecule has 2 aliphatic heterocycles. The van der Waals surface area contributed by atoms with Gasteiger partial charge in [0.1, 0.15) is 10.8 Å². The average Bonchev–Trinajstić information content (AvgIpc) is 3.29. The Morgan fingerprint density at radius 1 is 1.15 bits per heavy atom. The van der Waals surface area contributed by atoms with Crippen LogP contribution in [-0.4, -0.2) is 78.6 Å². The first-order valence-corrected chi connectivity index (χ1v) is 17.6. The van der Waals surface area contributed by atoms with E-state index in [4.69, 9.17) is 21.4 Å². The van der Waals surface area contributed by atoms with Crippen molar-refractivity contribution < 1.29 is 46.5 Å². The van der Waals surface area contributed by atoms with Crippen LogP contribution >= 0.6 is 22.9 Å². The van der Waals surface area contributed by atoms with Crippen LogP contribution in [0.4, 0.5) is 20.2 Å². The van der Waals surface area contributed by atoms with Crippen molar-refractivity contribution in [1.82, 2.24) is 9.62 Å². The van der Waals surface area contributed by atoms with E-state index in [2.05, 4.69) is 16.0 Å². The first kappa shape index (κ1) is 35.5. The highest BCUT2D eigenvalue weighted by Crippen LogP contribution is 2.47. The van der Waals surface area contributed by atoms with Gasteiger partial charge in [0.05, 0.1) is 27.9 Å². The summed E-state index contributed by atoms with van der Waals surface area (Å²) < 4.78 is 64.1. The number of halogens is 3. The van der Waals surface area contributed by atoms with E-state index in [1.165, 1.54) is 28.6 Å². The number of nitrogens with one attached hydrogen (secondary N) is 3. The number of piperidine rings is 1. The number of amides is 1. The Balaban J connectivity index is 1.29. The summed E-state index contributed by atoms with van der Waals surface area (Å²) in [5, 5.41) is 27.0. The molecule has 1 unspecified atom stereocenters. The highest BCUT2D eigenvalue weighted by atomic mass is 35.5. The van der Waals surface area contributed by atoms with Gasteiger partial charge in [-0.05, 0) is 50.5 Å². The fourth-order valence-electron chi connectivity index (χ4n) is 5.79. The number of anilines is 2. The molecule has 1 amide bonds. The van der Waals surface area contributed by atoms with Gasteiger partial charge in [0.2, 0.25) is 15.9 Å². The molecule has 1 aromatic heterocycles. The molecule has 5 rings (SSSR count). The van der Waals surface area contributed by atoms with Gasteiger partial charge >= 0.3 is 11.9 Å². The fourth-order valence-corrected chi connectivity index (χ4v) is 9.17. The van der Waals surface area contributed by atoms with Crippen LogP contribution in [0.25, 0.3) is 10.4 Å². The van der Waals surface area contributed by atoms with Gasteiger partial charge in [-0.15, -0.1) is 11.3 Å². The van der Waals surface area contributed by atoms with E-state index in [-0.39, 0.29) is 61.9 Å². The Labute approximate surface area is 284 Å². The third-order valence-electron chi connectivity index (χ3n) is 8.17. The molecule has 5 N–H and O–H groups in total. The van der Waals surface area contributed by atoms with E-state index >= 15 is 4.39 Å². The summed E-state index contributed by atoms with van der Waals surface area (Å²) in [7, 11) is -3.91. The summed E-state index contributed by atoms with van der Waals surface area (Å²) in [5.74, 6) is -5.58. The molecule has 1 atom stereocenters. The zero-order valence-corrected chi connectivity index (χ0v) is 28.2. The highest BCUT2D eigenvalue weighted by molar-refractivity contribution is 7.88. The number of aliphatic carboxylic acids is 1. The van der Waals surface area contributed by atoms with Crippen LogP contribution in [0.3, 0.4) is 0 Å². The van der Waals surface area contributed by atoms with E-state index in [1.54, 1.807) is 19.9 Å². The fraction of sp³-hybridized carbons (Fsp3) is 0.387. The number of thiophene rings is 1. The first-order valence-electron chi connectivity index (χ1n) is 14.8. The summed E-state index contributed by atoms with van der Waals surface area (Å²) in [4.78, 5) is 34.7. The van der Waals surface area contributed by atoms with E-state index in [1.807, 2.05) is 0 Å². The lowest BCUT2D eigenvalue weighted by Gasteiger charge is -2.45. The van der Waals surface area contributed by atoms with Gasteiger partial charge < -0.3 is 30.9 Å². The summed E-state index contributed by atoms with van der Waals surface area (Å²) in [6.45, 7) is 3.76. The molecule has 2 saturated heterocycles. The van der Waals surface area contributed by atoms with Crippen LogP contribution in [0, 0.1) is 17.6 Å². The largest absolute Gasteiger partial charge is 0.479 e. The van der Waals surface area contributed by atoms with Gasteiger partial charge in [-0.1, -0.05) is 29.8 Å². The number of hydrogen-bond donors (Lipinski definition) is 5. The van der Waals surface area contributed by atoms with E-state index in [0.717, 1.165) is 6.07 Å². The number of carboxylic acid groups (broad SMARTS) is 2. The van der Waals surface area contributed by atoms with Crippen molar-refractivity contribution in [2.45, 2.75) is 44.0 Å². The van der Waals surface area contributed by atoms with Gasteiger partial charge in [0, 0.05) is 36.8 Å². The molecular formula is C31H33ClF2N4O8S2. The number of hydrogen-bond acceptors (Lipinski definition) is 9. The van der Waals surface area contributed by atoms with Crippen LogP contribution in [0.2, 0.25) is 5.02 Å². The minimum absolute atomic E-state index is 0.0267. The van der Waals surface area contributed by atoms with Crippen LogP contribution in [-0.2, 0) is 25.4 Å². The normalized spacial score (nSPS) is 18.1. The second kappa shape index (κ2) is 14.0. The number of carboxylic acids is 2. The lowest BCUT2D eigenvalue weighted by molar-refractivity contribution is -0.139. The molecule has 0 spiro atoms. The Kier molecular flexibility index (Phi) is 10.3. The van der Waals surface area contributed by atoms with Crippen molar-refractivity contribution >= 4 is 62.2 Å². The molecule has 0 bridgehead atoms. The van der Waals surface area contributed by atoms with E-state index < -0.39 is 51.5 Å². The molecular weight excluding hydrogens is 694 g/mol. The van der Waals surface area contributed by atoms with Crippen molar-refractivity contribution in [3.63, 3.8) is 0 Å². The summed E-state index contributed by atoms with van der Waals surface area (Å²) in [6, 6.07) is 7.90. The summed E-state index contributed by atoms with van der Waals surface area (Å²) in [5.41, 5.74) is -0.624. The maximum absolute atomic E-state index is 15.9. The van der Waals surface area contributed by atoms with Crippen LogP contribution in [0.1, 0.15) is 41.9 Å². The van der Waals surface area contributed by atoms with E-state index in [0.29, 0.717) is 42.8 Å². The standard InChI is InChI=1S/C31H33ClF2N4O8S2/c1-31(2)11-18(8-9-38(31)48(44,45)15-16-6-7-20(33)22(10-16)37-29(41)17-12-35-13-17)36-21-5-3-4-19(25(21)34)27-24(32)26(46-14-23(39)40)28(47-27)30(42)43/h3-7,10,17-18,35-36H,8-9,11-15H2,1-2H3,(H,37,41)(H,39,40)(H,42,43). The third kappa shape index (κ3) is 7.57. The molecule has 17 heteroatoms. The molecule has 3 aromatic rings. The zero-order valence-electron chi connectivity index (χ0n) is 25.8. The molecule has 258 valence electrons. The lowest BCUT2D eigenvalue weighted by Crippen LogP contribution is -2.55. The molecule has 12 nitrogen and oxygen atoms in total. The van der Waals surface area contributed by atoms with Crippen LogP contribution in [0.15, 0.2) is 36.4 Å². The molecule has 0 aliphatic carbocycles. The third-order valence-corrected chi connectivity index (χ3v) is 11.9. The van der Waals surface area contributed by atoms with Crippen molar-refractivity contribution in [2.75, 3.05) is 36.9 Å². The molecule has 2 fully saturated rings. The average molecular weight is 727 g/mol. The van der Waals surface area contributed by atoms with E-state index in [9.17, 15) is 32.3 Å². The second-order valence-electron chi connectivity index (χ2n) is 12.2. The first-order chi connectivity index (χ1) is 22.6. The van der Waals surface area contributed by atoms with Crippen LogP contribution in [0.5, 0.6) is 5.75 Å². The molecule has 48 heavy (non-hydrogen) atoms. The Hall–Kier alpha value is -3.83. The smallest absolute Gasteiger partial charge is 0.349 e. The molecule has 2 aliphatic rings. The topological polar surface area (TPSA) is 174 Å². The Morgan fingerprint density at radius 2 is 1.88 bits per heavy atom. The SMILES string of the molecule is CC1(C)CC(Nc2cccc(-c3sc(C(=O)O)c(OCC(=O)O)c3Cl)c2F)CCN1S(=O)(=O)Cc1ccc(F)c(NC(=O)C2CNC2)c1. The monoisotopic (exact) mass is 726 g/mol. The second-order valence-corrected chi connectivity index (χ2v) is 15.5. The molecule has 0 radical (unpaired) electrons. The van der Waals surface area contributed by atoms with Gasteiger partial charge in [-0.25, -0.2) is 26.8 Å². The van der Waals surface area contributed by atoms with Crippen molar-refractivity contribution in [3.05, 3.63) is 63.5 Å². The summed E-state index contributed by atoms with van der Waals surface area (Å²) in [6.07, 6.45) is 0.620. The number of carbonyl (C=O) groups is 3. The quantitative estimate of drug-likeness (QED) is 0.174. The van der Waals surface area contributed by atoms with Crippen molar-refractivity contribution in [1.29, 1.82) is 0 Å². The lowest BCUT2D eigenvalue weighted by atomic mass is 9.89. The van der Waals surface area contributed by atoms with Crippen LogP contribution < -0.4 is 20.7 Å². The number of benzene rings is 2. The van der Waals surface area contributed by atoms with Gasteiger partial charge in [0.25, 0.3) is 0 Å². The number of carbonyl (C=O) groups excluding carboxylic acids is 1. The maximum Gasteiger partial charge on any atom is 0.349 e. The maximum atomic E-state index is 15.9. The minimum atomic E-state index is -3.91. The summed E-state index contributed by atoms with van der Waals surface area (Å²) >= 11 is 7.01. The molecule has 3 heterocycles. The van der Waals surface area contributed by atoms with Gasteiger partial charge in [-0.2, -0.15) is 4.31 Å². The highest BCUT2D eigenvalue weighted by Gasteiger charge is 2.42. The van der Waals surface area contributed by atoms with Crippen molar-refractivity contribution in [3.8, 4) is 16.2 Å².